The fourth-order valence-corrected chi connectivity index (χ4v) is 2.97. The number of rotatable bonds is 4. The molecule has 0 saturated carbocycles. The molecule has 0 fully saturated rings. The zero-order valence-corrected chi connectivity index (χ0v) is 14.1. The van der Waals surface area contributed by atoms with E-state index >= 15 is 0 Å². The van der Waals surface area contributed by atoms with Crippen LogP contribution >= 0.6 is 23.2 Å². The monoisotopic (exact) mass is 376 g/mol. The van der Waals surface area contributed by atoms with E-state index in [0.29, 0.717) is 16.1 Å². The summed E-state index contributed by atoms with van der Waals surface area (Å²) in [6.07, 6.45) is 0. The molecule has 0 N–H and O–H groups in total. The van der Waals surface area contributed by atoms with Crippen LogP contribution < -0.4 is 0 Å². The Morgan fingerprint density at radius 1 is 0.960 bits per heavy atom. The summed E-state index contributed by atoms with van der Waals surface area (Å²) in [5, 5.41) is 10.9. The summed E-state index contributed by atoms with van der Waals surface area (Å²) in [6, 6.07) is 12.1. The van der Waals surface area contributed by atoms with Gasteiger partial charge in [0.25, 0.3) is 17.5 Å². The van der Waals surface area contributed by atoms with Gasteiger partial charge in [-0.05, 0) is 29.3 Å². The Labute approximate surface area is 152 Å². The molecule has 2 amide bonds. The lowest BCUT2D eigenvalue weighted by molar-refractivity contribution is -0.384. The minimum atomic E-state index is -0.625. The largest absolute Gasteiger partial charge is 0.273 e. The van der Waals surface area contributed by atoms with Crippen LogP contribution in [0.1, 0.15) is 11.1 Å². The maximum absolute atomic E-state index is 12.6. The van der Waals surface area contributed by atoms with E-state index in [9.17, 15) is 19.7 Å². The highest BCUT2D eigenvalue weighted by Gasteiger charge is 2.38. The molecular formula is C17H10Cl2N2O4. The highest BCUT2D eigenvalue weighted by Crippen LogP contribution is 2.34. The number of non-ortho nitro benzene ring substituents is 1. The number of hydrogen-bond acceptors (Lipinski definition) is 4. The molecular weight excluding hydrogens is 367 g/mol. The third-order valence-corrected chi connectivity index (χ3v) is 4.48. The number of imide groups is 1. The Hall–Kier alpha value is -2.70. The second kappa shape index (κ2) is 6.66. The predicted octanol–water partition coefficient (Wildman–Crippen LogP) is 3.77. The van der Waals surface area contributed by atoms with Crippen LogP contribution in [0, 0.1) is 10.1 Å². The summed E-state index contributed by atoms with van der Waals surface area (Å²) in [5.41, 5.74) is 0.856. The van der Waals surface area contributed by atoms with Crippen molar-refractivity contribution in [3.63, 3.8) is 0 Å². The molecule has 2 aromatic rings. The van der Waals surface area contributed by atoms with Gasteiger partial charge in [0.15, 0.2) is 0 Å². The molecule has 6 nitrogen and oxygen atoms in total. The molecule has 0 spiro atoms. The Morgan fingerprint density at radius 2 is 1.60 bits per heavy atom. The smallest absolute Gasteiger partial charge is 0.269 e. The molecule has 1 aliphatic rings. The van der Waals surface area contributed by atoms with Crippen molar-refractivity contribution >= 4 is 46.3 Å². The van der Waals surface area contributed by atoms with Gasteiger partial charge in [0.05, 0.1) is 17.0 Å². The van der Waals surface area contributed by atoms with Gasteiger partial charge in [-0.1, -0.05) is 41.4 Å². The number of amides is 2. The Balaban J connectivity index is 1.91. The molecule has 1 aliphatic heterocycles. The molecule has 0 unspecified atom stereocenters. The van der Waals surface area contributed by atoms with Crippen molar-refractivity contribution in [3.8, 4) is 0 Å². The fourth-order valence-electron chi connectivity index (χ4n) is 2.49. The van der Waals surface area contributed by atoms with Crippen molar-refractivity contribution in [1.82, 2.24) is 4.90 Å². The van der Waals surface area contributed by atoms with Crippen LogP contribution in [-0.2, 0) is 16.1 Å². The Kier molecular flexibility index (Phi) is 4.57. The first-order chi connectivity index (χ1) is 11.9. The van der Waals surface area contributed by atoms with Gasteiger partial charge in [0, 0.05) is 17.2 Å². The maximum atomic E-state index is 12.6. The first-order valence-electron chi connectivity index (χ1n) is 7.14. The van der Waals surface area contributed by atoms with Crippen LogP contribution in [0.4, 0.5) is 5.69 Å². The van der Waals surface area contributed by atoms with Crippen LogP contribution in [-0.4, -0.2) is 21.6 Å². The quantitative estimate of drug-likeness (QED) is 0.462. The minimum absolute atomic E-state index is 0.00988. The molecule has 0 atom stereocenters. The molecule has 1 heterocycles. The molecule has 126 valence electrons. The lowest BCUT2D eigenvalue weighted by Gasteiger charge is -2.15. The first-order valence-corrected chi connectivity index (χ1v) is 7.90. The van der Waals surface area contributed by atoms with Crippen molar-refractivity contribution in [3.05, 3.63) is 79.8 Å². The summed E-state index contributed by atoms with van der Waals surface area (Å²) in [4.78, 5) is 36.2. The molecule has 0 saturated heterocycles. The minimum Gasteiger partial charge on any atom is -0.269 e. The SMILES string of the molecule is O=C1C(Cl)=C(c2ccc([N+](=O)[O-])cc2)C(=O)N1Cc1ccccc1Cl. The van der Waals surface area contributed by atoms with Gasteiger partial charge < -0.3 is 0 Å². The van der Waals surface area contributed by atoms with Gasteiger partial charge in [-0.3, -0.25) is 24.6 Å². The average molecular weight is 377 g/mol. The number of benzene rings is 2. The molecule has 2 aromatic carbocycles. The van der Waals surface area contributed by atoms with Crippen LogP contribution in [0.3, 0.4) is 0 Å². The van der Waals surface area contributed by atoms with Gasteiger partial charge in [0.1, 0.15) is 5.03 Å². The fraction of sp³-hybridized carbons (Fsp3) is 0.0588. The molecule has 0 radical (unpaired) electrons. The predicted molar refractivity (Wildman–Crippen MR) is 92.9 cm³/mol. The van der Waals surface area contributed by atoms with E-state index in [4.69, 9.17) is 23.2 Å². The molecule has 0 aliphatic carbocycles. The van der Waals surface area contributed by atoms with Crippen LogP contribution in [0.15, 0.2) is 53.6 Å². The van der Waals surface area contributed by atoms with E-state index in [1.165, 1.54) is 24.3 Å². The lowest BCUT2D eigenvalue weighted by atomic mass is 10.1. The van der Waals surface area contributed by atoms with Gasteiger partial charge in [-0.25, -0.2) is 0 Å². The zero-order valence-electron chi connectivity index (χ0n) is 12.6. The second-order valence-corrected chi connectivity index (χ2v) is 6.07. The Morgan fingerprint density at radius 3 is 2.20 bits per heavy atom. The van der Waals surface area contributed by atoms with Gasteiger partial charge in [0.2, 0.25) is 0 Å². The summed E-state index contributed by atoms with van der Waals surface area (Å²) in [5.74, 6) is -1.19. The number of carbonyl (C=O) groups is 2. The molecule has 8 heteroatoms. The van der Waals surface area contributed by atoms with Gasteiger partial charge in [-0.15, -0.1) is 0 Å². The van der Waals surface area contributed by atoms with E-state index < -0.39 is 16.7 Å². The van der Waals surface area contributed by atoms with Crippen molar-refractivity contribution < 1.29 is 14.5 Å². The number of nitro groups is 1. The molecule has 0 aromatic heterocycles. The molecule has 25 heavy (non-hydrogen) atoms. The van der Waals surface area contributed by atoms with Crippen LogP contribution in [0.5, 0.6) is 0 Å². The van der Waals surface area contributed by atoms with Gasteiger partial charge >= 0.3 is 0 Å². The number of nitrogens with zero attached hydrogens (tertiary/aromatic N) is 2. The number of nitro benzene ring substituents is 1. The van der Waals surface area contributed by atoms with Crippen molar-refractivity contribution in [2.45, 2.75) is 6.54 Å². The summed E-state index contributed by atoms with van der Waals surface area (Å²) >= 11 is 12.1. The van der Waals surface area contributed by atoms with Crippen molar-refractivity contribution in [2.24, 2.45) is 0 Å². The highest BCUT2D eigenvalue weighted by atomic mass is 35.5. The van der Waals surface area contributed by atoms with E-state index in [2.05, 4.69) is 0 Å². The first kappa shape index (κ1) is 17.1. The van der Waals surface area contributed by atoms with Crippen LogP contribution in [0.2, 0.25) is 5.02 Å². The lowest BCUT2D eigenvalue weighted by Crippen LogP contribution is -2.30. The summed E-state index contributed by atoms with van der Waals surface area (Å²) in [6.45, 7) is -0.00988. The van der Waals surface area contributed by atoms with Crippen LogP contribution in [0.25, 0.3) is 5.57 Å². The normalized spacial score (nSPS) is 14.4. The van der Waals surface area contributed by atoms with Crippen molar-refractivity contribution in [2.75, 3.05) is 0 Å². The Bertz CT molecular complexity index is 923. The number of hydrogen-bond donors (Lipinski definition) is 0. The second-order valence-electron chi connectivity index (χ2n) is 5.28. The highest BCUT2D eigenvalue weighted by molar-refractivity contribution is 6.55. The topological polar surface area (TPSA) is 80.5 Å². The summed E-state index contributed by atoms with van der Waals surface area (Å²) < 4.78 is 0. The zero-order chi connectivity index (χ0) is 18.1. The molecule has 0 bridgehead atoms. The van der Waals surface area contributed by atoms with E-state index in [1.807, 2.05) is 0 Å². The average Bonchev–Trinajstić information content (AvgIpc) is 2.80. The third kappa shape index (κ3) is 3.14. The standard InChI is InChI=1S/C17H10Cl2N2O4/c18-13-4-2-1-3-11(13)9-20-16(22)14(15(19)17(20)23)10-5-7-12(8-6-10)21(24)25/h1-8H,9H2. The van der Waals surface area contributed by atoms with E-state index in [0.717, 1.165) is 4.90 Å². The van der Waals surface area contributed by atoms with Crippen molar-refractivity contribution in [1.29, 1.82) is 0 Å². The number of halogens is 2. The van der Waals surface area contributed by atoms with Gasteiger partial charge in [-0.2, -0.15) is 0 Å². The third-order valence-electron chi connectivity index (χ3n) is 3.76. The summed E-state index contributed by atoms with van der Waals surface area (Å²) in [7, 11) is 0. The van der Waals surface area contributed by atoms with E-state index in [-0.39, 0.29) is 22.8 Å². The number of carbonyl (C=O) groups excluding carboxylic acids is 2. The van der Waals surface area contributed by atoms with E-state index in [1.54, 1.807) is 24.3 Å². The maximum Gasteiger partial charge on any atom is 0.273 e. The molecule has 3 rings (SSSR count).